The van der Waals surface area contributed by atoms with Gasteiger partial charge in [-0.1, -0.05) is 30.3 Å². The van der Waals surface area contributed by atoms with Gasteiger partial charge in [0.2, 0.25) is 5.91 Å². The Morgan fingerprint density at radius 1 is 1.29 bits per heavy atom. The van der Waals surface area contributed by atoms with Gasteiger partial charge in [0, 0.05) is 25.9 Å². The summed E-state index contributed by atoms with van der Waals surface area (Å²) in [6, 6.07) is 10.1. The molecule has 1 atom stereocenters. The average Bonchev–Trinajstić information content (AvgIpc) is 2.97. The zero-order chi connectivity index (χ0) is 15.2. The van der Waals surface area contributed by atoms with Crippen LogP contribution in [0.1, 0.15) is 5.56 Å². The predicted octanol–water partition coefficient (Wildman–Crippen LogP) is 1.04. The van der Waals surface area contributed by atoms with Crippen LogP contribution in [0, 0.1) is 0 Å². The maximum Gasteiger partial charge on any atom is 0.326 e. The van der Waals surface area contributed by atoms with Crippen molar-refractivity contribution in [3.05, 3.63) is 54.4 Å². The van der Waals surface area contributed by atoms with Gasteiger partial charge >= 0.3 is 5.97 Å². The molecule has 1 N–H and O–H groups in total. The molecule has 1 amide bonds. The Hall–Kier alpha value is -2.63. The number of carbonyl (C=O) groups is 2. The molecule has 0 aliphatic carbocycles. The van der Waals surface area contributed by atoms with Gasteiger partial charge in [-0.05, 0) is 11.6 Å². The van der Waals surface area contributed by atoms with Gasteiger partial charge in [-0.15, -0.1) is 0 Å². The molecule has 0 saturated carbocycles. The summed E-state index contributed by atoms with van der Waals surface area (Å²) in [6.45, 7) is 0.0298. The zero-order valence-electron chi connectivity index (χ0n) is 11.7. The standard InChI is InChI=1S/C15H17N3O3/c1-17(14(19)11-18-9-5-8-16-18)13(15(20)21)10-12-6-3-2-4-7-12/h2-9,13H,10-11H2,1H3,(H,20,21). The number of likely N-dealkylation sites (N-methyl/N-ethyl adjacent to an activating group) is 1. The van der Waals surface area contributed by atoms with Gasteiger partial charge in [-0.25, -0.2) is 4.79 Å². The fourth-order valence-electron chi connectivity index (χ4n) is 2.05. The summed E-state index contributed by atoms with van der Waals surface area (Å²) >= 11 is 0. The molecule has 0 bridgehead atoms. The Kier molecular flexibility index (Phi) is 4.71. The molecular weight excluding hydrogens is 270 g/mol. The van der Waals surface area contributed by atoms with Gasteiger partial charge in [-0.3, -0.25) is 9.48 Å². The minimum atomic E-state index is -1.02. The SMILES string of the molecule is CN(C(=O)Cn1cccn1)C(Cc1ccccc1)C(=O)O. The zero-order valence-corrected chi connectivity index (χ0v) is 11.7. The quantitative estimate of drug-likeness (QED) is 0.861. The smallest absolute Gasteiger partial charge is 0.326 e. The maximum atomic E-state index is 12.1. The molecule has 0 aliphatic heterocycles. The topological polar surface area (TPSA) is 75.4 Å². The number of nitrogens with zero attached hydrogens (tertiary/aromatic N) is 3. The van der Waals surface area contributed by atoms with E-state index in [0.717, 1.165) is 5.56 Å². The fraction of sp³-hybridized carbons (Fsp3) is 0.267. The number of aromatic nitrogens is 2. The van der Waals surface area contributed by atoms with Crippen LogP contribution in [0.25, 0.3) is 0 Å². The Morgan fingerprint density at radius 2 is 2.00 bits per heavy atom. The Labute approximate surface area is 122 Å². The molecule has 0 saturated heterocycles. The second kappa shape index (κ2) is 6.69. The number of hydrogen-bond donors (Lipinski definition) is 1. The van der Waals surface area contributed by atoms with Gasteiger partial charge in [0.15, 0.2) is 0 Å². The third kappa shape index (κ3) is 3.92. The maximum absolute atomic E-state index is 12.1. The van der Waals surface area contributed by atoms with Crippen LogP contribution in [0.3, 0.4) is 0 Å². The monoisotopic (exact) mass is 287 g/mol. The number of rotatable bonds is 6. The summed E-state index contributed by atoms with van der Waals surface area (Å²) in [5.74, 6) is -1.31. The number of benzene rings is 1. The van der Waals surface area contributed by atoms with Crippen LogP contribution in [-0.4, -0.2) is 44.8 Å². The molecule has 1 heterocycles. The molecule has 0 spiro atoms. The van der Waals surface area contributed by atoms with E-state index < -0.39 is 12.0 Å². The van der Waals surface area contributed by atoms with Gasteiger partial charge in [0.05, 0.1) is 0 Å². The van der Waals surface area contributed by atoms with Crippen molar-refractivity contribution in [2.24, 2.45) is 0 Å². The predicted molar refractivity (Wildman–Crippen MR) is 76.6 cm³/mol. The molecule has 2 rings (SSSR count). The van der Waals surface area contributed by atoms with Crippen LogP contribution in [0.5, 0.6) is 0 Å². The van der Waals surface area contributed by atoms with Crippen molar-refractivity contribution < 1.29 is 14.7 Å². The first-order valence-corrected chi connectivity index (χ1v) is 6.57. The van der Waals surface area contributed by atoms with Crippen molar-refractivity contribution in [3.8, 4) is 0 Å². The average molecular weight is 287 g/mol. The van der Waals surface area contributed by atoms with Crippen LogP contribution in [-0.2, 0) is 22.6 Å². The highest BCUT2D eigenvalue weighted by Gasteiger charge is 2.26. The first-order valence-electron chi connectivity index (χ1n) is 6.57. The van der Waals surface area contributed by atoms with E-state index in [9.17, 15) is 14.7 Å². The number of carbonyl (C=O) groups excluding carboxylic acids is 1. The van der Waals surface area contributed by atoms with E-state index in [4.69, 9.17) is 0 Å². The van der Waals surface area contributed by atoms with Gasteiger partial charge in [-0.2, -0.15) is 5.10 Å². The molecule has 0 aliphatic rings. The van der Waals surface area contributed by atoms with Crippen molar-refractivity contribution >= 4 is 11.9 Å². The number of amides is 1. The molecule has 21 heavy (non-hydrogen) atoms. The lowest BCUT2D eigenvalue weighted by molar-refractivity contribution is -0.149. The van der Waals surface area contributed by atoms with Gasteiger partial charge < -0.3 is 10.0 Å². The lowest BCUT2D eigenvalue weighted by Crippen LogP contribution is -2.45. The van der Waals surface area contributed by atoms with Crippen LogP contribution in [0.2, 0.25) is 0 Å². The molecular formula is C15H17N3O3. The number of carboxylic acids is 1. The highest BCUT2D eigenvalue weighted by molar-refractivity contribution is 5.83. The lowest BCUT2D eigenvalue weighted by atomic mass is 10.1. The molecule has 110 valence electrons. The van der Waals surface area contributed by atoms with E-state index >= 15 is 0 Å². The summed E-state index contributed by atoms with van der Waals surface area (Å²) in [7, 11) is 1.51. The number of hydrogen-bond acceptors (Lipinski definition) is 3. The number of aliphatic carboxylic acids is 1. The fourth-order valence-corrected chi connectivity index (χ4v) is 2.05. The summed E-state index contributed by atoms with van der Waals surface area (Å²) in [4.78, 5) is 24.8. The van der Waals surface area contributed by atoms with E-state index in [2.05, 4.69) is 5.10 Å². The lowest BCUT2D eigenvalue weighted by Gasteiger charge is -2.25. The summed E-state index contributed by atoms with van der Waals surface area (Å²) in [5, 5.41) is 13.3. The molecule has 1 aromatic carbocycles. The van der Waals surface area contributed by atoms with E-state index in [-0.39, 0.29) is 18.9 Å². The molecule has 2 aromatic rings. The third-order valence-electron chi connectivity index (χ3n) is 3.27. The van der Waals surface area contributed by atoms with Crippen LogP contribution >= 0.6 is 0 Å². The molecule has 0 radical (unpaired) electrons. The Bertz CT molecular complexity index is 596. The highest BCUT2D eigenvalue weighted by Crippen LogP contribution is 2.09. The molecule has 1 aromatic heterocycles. The summed E-state index contributed by atoms with van der Waals surface area (Å²) in [6.07, 6.45) is 3.52. The summed E-state index contributed by atoms with van der Waals surface area (Å²) in [5.41, 5.74) is 0.878. The van der Waals surface area contributed by atoms with Crippen molar-refractivity contribution in [2.75, 3.05) is 7.05 Å². The largest absolute Gasteiger partial charge is 0.480 e. The van der Waals surface area contributed by atoms with Gasteiger partial charge in [0.1, 0.15) is 12.6 Å². The van der Waals surface area contributed by atoms with E-state index in [1.54, 1.807) is 18.5 Å². The van der Waals surface area contributed by atoms with Crippen LogP contribution in [0.4, 0.5) is 0 Å². The van der Waals surface area contributed by atoms with Crippen LogP contribution < -0.4 is 0 Å². The van der Waals surface area contributed by atoms with Crippen molar-refractivity contribution in [1.82, 2.24) is 14.7 Å². The minimum absolute atomic E-state index is 0.0298. The summed E-state index contributed by atoms with van der Waals surface area (Å²) < 4.78 is 1.47. The molecule has 6 heteroatoms. The first kappa shape index (κ1) is 14.8. The van der Waals surface area contributed by atoms with Crippen molar-refractivity contribution in [1.29, 1.82) is 0 Å². The molecule has 0 fully saturated rings. The third-order valence-corrected chi connectivity index (χ3v) is 3.27. The molecule has 6 nitrogen and oxygen atoms in total. The number of carboxylic acid groups (broad SMARTS) is 1. The van der Waals surface area contributed by atoms with E-state index in [1.807, 2.05) is 30.3 Å². The first-order chi connectivity index (χ1) is 10.1. The Morgan fingerprint density at radius 3 is 2.57 bits per heavy atom. The van der Waals surface area contributed by atoms with E-state index in [0.29, 0.717) is 0 Å². The Balaban J connectivity index is 2.06. The normalized spacial score (nSPS) is 11.9. The van der Waals surface area contributed by atoms with Gasteiger partial charge in [0.25, 0.3) is 0 Å². The molecule has 1 unspecified atom stereocenters. The second-order valence-corrected chi connectivity index (χ2v) is 4.75. The highest BCUT2D eigenvalue weighted by atomic mass is 16.4. The minimum Gasteiger partial charge on any atom is -0.480 e. The second-order valence-electron chi connectivity index (χ2n) is 4.75. The van der Waals surface area contributed by atoms with E-state index in [1.165, 1.54) is 16.6 Å². The van der Waals surface area contributed by atoms with Crippen molar-refractivity contribution in [2.45, 2.75) is 19.0 Å². The van der Waals surface area contributed by atoms with Crippen molar-refractivity contribution in [3.63, 3.8) is 0 Å². The van der Waals surface area contributed by atoms with Crippen LogP contribution in [0.15, 0.2) is 48.8 Å².